The molecule has 2 amide bonds. The summed E-state index contributed by atoms with van der Waals surface area (Å²) in [6.07, 6.45) is 0. The van der Waals surface area contributed by atoms with Crippen molar-refractivity contribution in [2.45, 2.75) is 39.0 Å². The molecular weight excluding hydrogens is 442 g/mol. The molecule has 0 aliphatic carbocycles. The first-order valence-electron chi connectivity index (χ1n) is 10.5. The minimum Gasteiger partial charge on any atom is -0.454 e. The molecule has 2 heterocycles. The van der Waals surface area contributed by atoms with Gasteiger partial charge in [0.25, 0.3) is 5.91 Å². The molecule has 10 heteroatoms. The molecule has 1 aliphatic heterocycles. The van der Waals surface area contributed by atoms with E-state index >= 15 is 0 Å². The smallest absolute Gasteiger partial charge is 0.251 e. The van der Waals surface area contributed by atoms with Crippen molar-refractivity contribution in [2.24, 2.45) is 0 Å². The third-order valence-electron chi connectivity index (χ3n) is 5.14. The Labute approximate surface area is 195 Å². The lowest BCUT2D eigenvalue weighted by molar-refractivity contribution is -0.113. The summed E-state index contributed by atoms with van der Waals surface area (Å²) in [6.45, 7) is 6.93. The van der Waals surface area contributed by atoms with E-state index in [0.29, 0.717) is 34.6 Å². The van der Waals surface area contributed by atoms with Gasteiger partial charge in [0, 0.05) is 17.8 Å². The van der Waals surface area contributed by atoms with Gasteiger partial charge in [-0.05, 0) is 50.6 Å². The van der Waals surface area contributed by atoms with Gasteiger partial charge in [-0.25, -0.2) is 0 Å². The summed E-state index contributed by atoms with van der Waals surface area (Å²) in [5.74, 6) is 1.63. The zero-order chi connectivity index (χ0) is 23.4. The van der Waals surface area contributed by atoms with Crippen LogP contribution in [0.25, 0.3) is 0 Å². The average molecular weight is 468 g/mol. The highest BCUT2D eigenvalue weighted by Crippen LogP contribution is 2.32. The highest BCUT2D eigenvalue weighted by Gasteiger charge is 2.18. The van der Waals surface area contributed by atoms with E-state index in [1.807, 2.05) is 43.5 Å². The van der Waals surface area contributed by atoms with E-state index < -0.39 is 0 Å². The van der Waals surface area contributed by atoms with E-state index in [-0.39, 0.29) is 30.9 Å². The normalized spacial score (nSPS) is 12.0. The van der Waals surface area contributed by atoms with Crippen LogP contribution in [0.2, 0.25) is 0 Å². The van der Waals surface area contributed by atoms with Crippen LogP contribution in [-0.4, -0.2) is 39.1 Å². The van der Waals surface area contributed by atoms with E-state index in [1.54, 1.807) is 18.2 Å². The quantitative estimate of drug-likeness (QED) is 0.490. The highest BCUT2D eigenvalue weighted by atomic mass is 32.2. The number of anilines is 1. The van der Waals surface area contributed by atoms with Gasteiger partial charge in [-0.3, -0.25) is 9.59 Å². The lowest BCUT2D eigenvalue weighted by atomic mass is 10.1. The second kappa shape index (κ2) is 9.95. The van der Waals surface area contributed by atoms with Crippen LogP contribution < -0.4 is 20.1 Å². The van der Waals surface area contributed by atoms with Crippen molar-refractivity contribution in [1.82, 2.24) is 20.1 Å². The van der Waals surface area contributed by atoms with Crippen LogP contribution >= 0.6 is 11.8 Å². The van der Waals surface area contributed by atoms with Crippen LogP contribution in [-0.2, 0) is 17.9 Å². The molecule has 0 spiro atoms. The molecule has 1 aromatic heterocycles. The third kappa shape index (κ3) is 5.28. The molecule has 172 valence electrons. The fourth-order valence-electron chi connectivity index (χ4n) is 3.44. The van der Waals surface area contributed by atoms with E-state index in [0.717, 1.165) is 16.8 Å². The van der Waals surface area contributed by atoms with Gasteiger partial charge in [0.05, 0.1) is 12.3 Å². The number of thioether (sulfide) groups is 1. The first kappa shape index (κ1) is 22.7. The number of nitrogens with one attached hydrogen (secondary N) is 2. The maximum Gasteiger partial charge on any atom is 0.251 e. The Morgan fingerprint density at radius 2 is 1.91 bits per heavy atom. The minimum absolute atomic E-state index is 0.115. The molecular formula is C23H25N5O4S. The molecule has 33 heavy (non-hydrogen) atoms. The molecule has 0 atom stereocenters. The van der Waals surface area contributed by atoms with Crippen LogP contribution in [0.15, 0.2) is 41.6 Å². The van der Waals surface area contributed by atoms with E-state index in [9.17, 15) is 9.59 Å². The molecule has 9 nitrogen and oxygen atoms in total. The minimum atomic E-state index is -0.249. The summed E-state index contributed by atoms with van der Waals surface area (Å²) < 4.78 is 12.5. The Hall–Kier alpha value is -3.53. The largest absolute Gasteiger partial charge is 0.454 e. The summed E-state index contributed by atoms with van der Waals surface area (Å²) in [5.41, 5.74) is 3.44. The first-order valence-corrected chi connectivity index (χ1v) is 11.5. The van der Waals surface area contributed by atoms with Crippen molar-refractivity contribution in [3.8, 4) is 11.5 Å². The van der Waals surface area contributed by atoms with Crippen molar-refractivity contribution < 1.29 is 19.1 Å². The fraction of sp³-hybridized carbons (Fsp3) is 0.304. The van der Waals surface area contributed by atoms with Crippen LogP contribution in [0, 0.1) is 13.8 Å². The van der Waals surface area contributed by atoms with Crippen molar-refractivity contribution in [1.29, 1.82) is 0 Å². The molecule has 0 unspecified atom stereocenters. The lowest BCUT2D eigenvalue weighted by Gasteiger charge is -2.10. The number of fused-ring (bicyclic) bond motifs is 1. The Bertz CT molecular complexity index is 1190. The van der Waals surface area contributed by atoms with Gasteiger partial charge in [-0.1, -0.05) is 29.5 Å². The van der Waals surface area contributed by atoms with Crippen LogP contribution in [0.1, 0.15) is 34.2 Å². The summed E-state index contributed by atoms with van der Waals surface area (Å²) in [5, 5.41) is 14.8. The number of benzene rings is 2. The monoisotopic (exact) mass is 467 g/mol. The molecule has 2 aromatic carbocycles. The van der Waals surface area contributed by atoms with Gasteiger partial charge in [-0.2, -0.15) is 0 Å². The van der Waals surface area contributed by atoms with Crippen molar-refractivity contribution >= 4 is 29.3 Å². The number of amides is 2. The molecule has 0 bridgehead atoms. The molecule has 0 saturated carbocycles. The first-order chi connectivity index (χ1) is 15.9. The topological polar surface area (TPSA) is 107 Å². The average Bonchev–Trinajstić information content (AvgIpc) is 3.43. The lowest BCUT2D eigenvalue weighted by Crippen LogP contribution is -2.24. The van der Waals surface area contributed by atoms with Crippen molar-refractivity contribution in [2.75, 3.05) is 17.9 Å². The maximum atomic E-state index is 12.5. The SMILES string of the molecule is CCn1c(CNC(=O)c2ccc3c(c2)OCO3)nnc1SCC(=O)Nc1ccc(C)cc1C. The second-order valence-electron chi connectivity index (χ2n) is 7.55. The number of hydrogen-bond donors (Lipinski definition) is 2. The van der Waals surface area contributed by atoms with Gasteiger partial charge in [0.15, 0.2) is 22.5 Å². The van der Waals surface area contributed by atoms with Crippen molar-refractivity contribution in [3.05, 3.63) is 58.9 Å². The summed E-state index contributed by atoms with van der Waals surface area (Å²) in [7, 11) is 0. The number of aryl methyl sites for hydroxylation is 2. The zero-order valence-corrected chi connectivity index (χ0v) is 19.5. The number of aromatic nitrogens is 3. The highest BCUT2D eigenvalue weighted by molar-refractivity contribution is 7.99. The molecule has 2 N–H and O–H groups in total. The molecule has 4 rings (SSSR count). The molecule has 0 saturated heterocycles. The zero-order valence-electron chi connectivity index (χ0n) is 18.7. The number of hydrogen-bond acceptors (Lipinski definition) is 7. The van der Waals surface area contributed by atoms with Crippen LogP contribution in [0.4, 0.5) is 5.69 Å². The molecule has 0 fully saturated rings. The van der Waals surface area contributed by atoms with Crippen LogP contribution in [0.3, 0.4) is 0 Å². The van der Waals surface area contributed by atoms with Gasteiger partial charge in [0.1, 0.15) is 0 Å². The number of nitrogens with zero attached hydrogens (tertiary/aromatic N) is 3. The summed E-state index contributed by atoms with van der Waals surface area (Å²) in [4.78, 5) is 25.0. The van der Waals surface area contributed by atoms with E-state index in [1.165, 1.54) is 11.8 Å². The number of carbonyl (C=O) groups excluding carboxylic acids is 2. The Morgan fingerprint density at radius 3 is 2.70 bits per heavy atom. The summed E-state index contributed by atoms with van der Waals surface area (Å²) >= 11 is 1.31. The van der Waals surface area contributed by atoms with Gasteiger partial charge >= 0.3 is 0 Å². The third-order valence-corrected chi connectivity index (χ3v) is 6.11. The van der Waals surface area contributed by atoms with Crippen LogP contribution in [0.5, 0.6) is 11.5 Å². The Morgan fingerprint density at radius 1 is 1.09 bits per heavy atom. The molecule has 1 aliphatic rings. The summed E-state index contributed by atoms with van der Waals surface area (Å²) in [6, 6.07) is 10.9. The standard InChI is InChI=1S/C23H25N5O4S/c1-4-28-20(11-24-22(30)16-6-8-18-19(10-16)32-13-31-18)26-27-23(28)33-12-21(29)25-17-7-5-14(2)9-15(17)3/h5-10H,4,11-13H2,1-3H3,(H,24,30)(H,25,29). The number of rotatable bonds is 8. The van der Waals surface area contributed by atoms with E-state index in [4.69, 9.17) is 9.47 Å². The van der Waals surface area contributed by atoms with Gasteiger partial charge < -0.3 is 24.7 Å². The number of carbonyl (C=O) groups is 2. The maximum absolute atomic E-state index is 12.5. The fourth-order valence-corrected chi connectivity index (χ4v) is 4.26. The second-order valence-corrected chi connectivity index (χ2v) is 8.49. The van der Waals surface area contributed by atoms with Gasteiger partial charge in [-0.15, -0.1) is 10.2 Å². The Kier molecular flexibility index (Phi) is 6.83. The molecule has 0 radical (unpaired) electrons. The van der Waals surface area contributed by atoms with E-state index in [2.05, 4.69) is 20.8 Å². The van der Waals surface area contributed by atoms with Gasteiger partial charge in [0.2, 0.25) is 12.7 Å². The predicted molar refractivity (Wildman–Crippen MR) is 125 cm³/mol. The number of ether oxygens (including phenoxy) is 2. The van der Waals surface area contributed by atoms with Crippen molar-refractivity contribution in [3.63, 3.8) is 0 Å². The predicted octanol–water partition coefficient (Wildman–Crippen LogP) is 3.30. The Balaban J connectivity index is 1.33. The molecule has 3 aromatic rings.